The molecule has 3 atom stereocenters. The van der Waals surface area contributed by atoms with Crippen molar-refractivity contribution in [2.45, 2.75) is 22.8 Å². The number of hydrogen-bond acceptors (Lipinski definition) is 3. The Kier molecular flexibility index (Phi) is 4.24. The summed E-state index contributed by atoms with van der Waals surface area (Å²) in [6.45, 7) is 4.68. The van der Waals surface area contributed by atoms with Gasteiger partial charge in [0.2, 0.25) is 0 Å². The number of aromatic nitrogens is 2. The topological polar surface area (TPSA) is 44.1 Å². The van der Waals surface area contributed by atoms with Crippen molar-refractivity contribution in [3.05, 3.63) is 60.2 Å². The van der Waals surface area contributed by atoms with Crippen LogP contribution < -0.4 is 0 Å². The third-order valence-corrected chi connectivity index (χ3v) is 5.42. The second kappa shape index (κ2) is 6.13. The molecule has 0 spiro atoms. The predicted octanol–water partition coefficient (Wildman–Crippen LogP) is 2.97. The minimum absolute atomic E-state index is 0.160. The molecule has 0 N–H and O–H groups in total. The average Bonchev–Trinajstić information content (AvgIpc) is 3.07. The van der Waals surface area contributed by atoms with Crippen LogP contribution in [0.4, 0.5) is 0 Å². The quantitative estimate of drug-likeness (QED) is 0.795. The highest BCUT2D eigenvalue weighted by molar-refractivity contribution is 7.86. The number of imidazole rings is 1. The summed E-state index contributed by atoms with van der Waals surface area (Å²) in [6.07, 6.45) is 6.76. The first kappa shape index (κ1) is 14.5. The van der Waals surface area contributed by atoms with E-state index in [9.17, 15) is 4.21 Å². The molecule has 21 heavy (non-hydrogen) atoms. The van der Waals surface area contributed by atoms with Gasteiger partial charge in [0.1, 0.15) is 6.10 Å². The van der Waals surface area contributed by atoms with E-state index in [4.69, 9.17) is 16.3 Å². The summed E-state index contributed by atoms with van der Waals surface area (Å²) in [5.41, 5.74) is 0.949. The molecule has 0 radical (unpaired) electrons. The smallest absolute Gasteiger partial charge is 0.100 e. The largest absolute Gasteiger partial charge is 0.368 e. The number of rotatable bonds is 5. The van der Waals surface area contributed by atoms with E-state index < -0.39 is 10.8 Å². The molecule has 1 aliphatic rings. The van der Waals surface area contributed by atoms with E-state index in [1.165, 1.54) is 0 Å². The van der Waals surface area contributed by atoms with Crippen molar-refractivity contribution in [3.63, 3.8) is 0 Å². The van der Waals surface area contributed by atoms with Gasteiger partial charge in [-0.25, -0.2) is 4.98 Å². The molecule has 0 fully saturated rings. The van der Waals surface area contributed by atoms with E-state index >= 15 is 0 Å². The van der Waals surface area contributed by atoms with Gasteiger partial charge < -0.3 is 9.30 Å². The van der Waals surface area contributed by atoms with Gasteiger partial charge in [-0.2, -0.15) is 0 Å². The molecule has 0 saturated carbocycles. The summed E-state index contributed by atoms with van der Waals surface area (Å²) in [5.74, 6) is 0. The average molecular weight is 323 g/mol. The van der Waals surface area contributed by atoms with Crippen LogP contribution >= 0.6 is 11.6 Å². The molecule has 0 aliphatic carbocycles. The molecule has 2 heterocycles. The fourth-order valence-corrected chi connectivity index (χ4v) is 4.51. The van der Waals surface area contributed by atoms with E-state index in [0.29, 0.717) is 18.2 Å². The van der Waals surface area contributed by atoms with Gasteiger partial charge in [0.25, 0.3) is 0 Å². The van der Waals surface area contributed by atoms with Crippen molar-refractivity contribution >= 4 is 22.4 Å². The van der Waals surface area contributed by atoms with Crippen LogP contribution in [0.3, 0.4) is 0 Å². The van der Waals surface area contributed by atoms with Crippen LogP contribution in [-0.4, -0.2) is 25.6 Å². The maximum atomic E-state index is 12.8. The molecular weight excluding hydrogens is 308 g/mol. The molecule has 1 aromatic carbocycles. The lowest BCUT2D eigenvalue weighted by Gasteiger charge is -2.19. The lowest BCUT2D eigenvalue weighted by atomic mass is 10.1. The van der Waals surface area contributed by atoms with Crippen molar-refractivity contribution in [1.29, 1.82) is 0 Å². The summed E-state index contributed by atoms with van der Waals surface area (Å²) in [6, 6.07) is 5.48. The maximum Gasteiger partial charge on any atom is 0.100 e. The van der Waals surface area contributed by atoms with Crippen molar-refractivity contribution in [2.24, 2.45) is 0 Å². The molecule has 1 aromatic heterocycles. The van der Waals surface area contributed by atoms with Crippen LogP contribution in [0.15, 0.2) is 54.5 Å². The van der Waals surface area contributed by atoms with Crippen LogP contribution in [0.5, 0.6) is 0 Å². The number of fused-ring (bicyclic) bond motifs is 1. The van der Waals surface area contributed by atoms with Crippen LogP contribution in [0, 0.1) is 0 Å². The van der Waals surface area contributed by atoms with Crippen molar-refractivity contribution in [1.82, 2.24) is 9.55 Å². The van der Waals surface area contributed by atoms with Gasteiger partial charge in [-0.1, -0.05) is 23.7 Å². The van der Waals surface area contributed by atoms with Gasteiger partial charge in [0.15, 0.2) is 0 Å². The zero-order valence-electron chi connectivity index (χ0n) is 11.3. The van der Waals surface area contributed by atoms with Gasteiger partial charge in [-0.15, -0.1) is 6.58 Å². The van der Waals surface area contributed by atoms with Crippen LogP contribution in [-0.2, 0) is 22.1 Å². The minimum Gasteiger partial charge on any atom is -0.368 e. The van der Waals surface area contributed by atoms with Crippen LogP contribution in [0.1, 0.15) is 11.7 Å². The Balaban J connectivity index is 1.94. The Labute approximate surface area is 130 Å². The summed E-state index contributed by atoms with van der Waals surface area (Å²) < 4.78 is 20.5. The van der Waals surface area contributed by atoms with Crippen molar-refractivity contribution in [2.75, 3.05) is 6.61 Å². The molecule has 6 heteroatoms. The number of ether oxygens (including phenoxy) is 1. The normalized spacial score (nSPS) is 24.0. The van der Waals surface area contributed by atoms with Crippen molar-refractivity contribution < 1.29 is 8.95 Å². The Bertz CT molecular complexity index is 672. The Morgan fingerprint density at radius 3 is 3.10 bits per heavy atom. The molecule has 0 bridgehead atoms. The molecule has 2 aromatic rings. The highest BCUT2D eigenvalue weighted by Gasteiger charge is 2.39. The first-order valence-corrected chi connectivity index (χ1v) is 8.18. The highest BCUT2D eigenvalue weighted by Crippen LogP contribution is 2.40. The van der Waals surface area contributed by atoms with Gasteiger partial charge in [0.05, 0.1) is 29.0 Å². The molecule has 0 amide bonds. The van der Waals surface area contributed by atoms with E-state index in [-0.39, 0.29) is 11.4 Å². The van der Waals surface area contributed by atoms with E-state index in [0.717, 1.165) is 10.5 Å². The molecule has 1 unspecified atom stereocenters. The van der Waals surface area contributed by atoms with Crippen LogP contribution in [0.2, 0.25) is 5.02 Å². The van der Waals surface area contributed by atoms with E-state index in [2.05, 4.69) is 11.6 Å². The monoisotopic (exact) mass is 322 g/mol. The lowest BCUT2D eigenvalue weighted by molar-refractivity contribution is 0.0698. The van der Waals surface area contributed by atoms with Gasteiger partial charge in [-0.3, -0.25) is 4.21 Å². The summed E-state index contributed by atoms with van der Waals surface area (Å²) >= 11 is 6.02. The highest BCUT2D eigenvalue weighted by atomic mass is 35.5. The zero-order chi connectivity index (χ0) is 14.8. The Hall–Kier alpha value is -1.43. The SMILES string of the molecule is C=CCO[C@H]1c2ccc(Cl)cc2S(=O)[C@H]1Cn1ccnc1. The number of halogens is 1. The number of hydrogen-bond donors (Lipinski definition) is 0. The fourth-order valence-electron chi connectivity index (χ4n) is 2.53. The molecular formula is C15H15ClN2O2S. The molecule has 0 saturated heterocycles. The Morgan fingerprint density at radius 2 is 2.38 bits per heavy atom. The third-order valence-electron chi connectivity index (χ3n) is 3.46. The zero-order valence-corrected chi connectivity index (χ0v) is 12.9. The van der Waals surface area contributed by atoms with Gasteiger partial charge in [0, 0.05) is 28.9 Å². The fraction of sp³-hybridized carbons (Fsp3) is 0.267. The molecule has 4 nitrogen and oxygen atoms in total. The van der Waals surface area contributed by atoms with E-state index in [1.807, 2.05) is 16.8 Å². The minimum atomic E-state index is -1.16. The predicted molar refractivity (Wildman–Crippen MR) is 82.8 cm³/mol. The maximum absolute atomic E-state index is 12.8. The molecule has 110 valence electrons. The van der Waals surface area contributed by atoms with Gasteiger partial charge in [-0.05, 0) is 17.7 Å². The summed E-state index contributed by atoms with van der Waals surface area (Å²) in [4.78, 5) is 4.79. The molecule has 1 aliphatic heterocycles. The van der Waals surface area contributed by atoms with E-state index in [1.54, 1.807) is 30.7 Å². The molecule has 3 rings (SSSR count). The summed E-state index contributed by atoms with van der Waals surface area (Å²) in [5, 5.41) is 0.431. The van der Waals surface area contributed by atoms with Gasteiger partial charge >= 0.3 is 0 Å². The third kappa shape index (κ3) is 2.81. The first-order valence-electron chi connectivity index (χ1n) is 6.59. The second-order valence-corrected chi connectivity index (χ2v) is 6.90. The first-order chi connectivity index (χ1) is 10.2. The lowest BCUT2D eigenvalue weighted by Crippen LogP contribution is -2.24. The number of benzene rings is 1. The van der Waals surface area contributed by atoms with Crippen LogP contribution in [0.25, 0.3) is 0 Å². The summed E-state index contributed by atoms with van der Waals surface area (Å²) in [7, 11) is -1.16. The second-order valence-electron chi connectivity index (χ2n) is 4.82. The Morgan fingerprint density at radius 1 is 1.52 bits per heavy atom. The van der Waals surface area contributed by atoms with Crippen molar-refractivity contribution in [3.8, 4) is 0 Å². The standard InChI is InChI=1S/C15H15ClN2O2S/c1-2-7-20-15-12-4-3-11(16)8-13(12)21(19)14(15)9-18-6-5-17-10-18/h2-6,8,10,14-15H,1,7,9H2/t14-,15-,21?/m0/s1. The number of nitrogens with zero attached hydrogens (tertiary/aromatic N) is 2.